The topological polar surface area (TPSA) is 24.5 Å². The van der Waals surface area contributed by atoms with Crippen LogP contribution in [0.15, 0.2) is 24.3 Å². The van der Waals surface area contributed by atoms with E-state index in [-0.39, 0.29) is 0 Å². The third kappa shape index (κ3) is 1.82. The molecule has 1 aliphatic rings. The highest BCUT2D eigenvalue weighted by atomic mass is 16.5. The van der Waals surface area contributed by atoms with Crippen LogP contribution in [0.4, 0.5) is 5.69 Å². The maximum absolute atomic E-state index is 7.16. The Bertz CT molecular complexity index is 375. The van der Waals surface area contributed by atoms with Gasteiger partial charge in [0.1, 0.15) is 5.75 Å². The predicted octanol–water partition coefficient (Wildman–Crippen LogP) is 1.10. The largest absolute Gasteiger partial charge is 0.495 e. The van der Waals surface area contributed by atoms with Crippen LogP contribution in [0.3, 0.4) is 0 Å². The molecule has 0 atom stereocenters. The molecule has 1 N–H and O–H groups in total. The number of benzene rings is 1. The summed E-state index contributed by atoms with van der Waals surface area (Å²) >= 11 is 0. The van der Waals surface area contributed by atoms with Crippen molar-refractivity contribution in [1.29, 1.82) is 0 Å². The molecule has 0 saturated carbocycles. The number of nitrogens with zero attached hydrogens (tertiary/aromatic N) is 1. The van der Waals surface area contributed by atoms with Gasteiger partial charge in [-0.2, -0.15) is 0 Å². The second kappa shape index (κ2) is 4.33. The monoisotopic (exact) mass is 195 g/mol. The van der Waals surface area contributed by atoms with E-state index in [2.05, 4.69) is 10.2 Å². The molecule has 1 fully saturated rings. The zero-order valence-electron chi connectivity index (χ0n) is 11.0. The number of piperazine rings is 1. The van der Waals surface area contributed by atoms with Crippen molar-refractivity contribution in [2.45, 2.75) is 0 Å². The highest BCUT2D eigenvalue weighted by Gasteiger charge is 2.13. The molecule has 0 spiro atoms. The van der Waals surface area contributed by atoms with Crippen LogP contribution in [-0.2, 0) is 0 Å². The number of ether oxygens (including phenoxy) is 1. The van der Waals surface area contributed by atoms with Gasteiger partial charge >= 0.3 is 0 Å². The second-order valence-electron chi connectivity index (χ2n) is 3.31. The summed E-state index contributed by atoms with van der Waals surface area (Å²) in [4.78, 5) is 2.14. The van der Waals surface area contributed by atoms with E-state index >= 15 is 0 Å². The normalized spacial score (nSPS) is 20.9. The summed E-state index contributed by atoms with van der Waals surface area (Å²) in [6.45, 7) is 3.53. The van der Waals surface area contributed by atoms with E-state index in [4.69, 9.17) is 8.85 Å². The van der Waals surface area contributed by atoms with Gasteiger partial charge in [-0.25, -0.2) is 0 Å². The van der Waals surface area contributed by atoms with Gasteiger partial charge in [0, 0.05) is 26.2 Å². The van der Waals surface area contributed by atoms with E-state index in [9.17, 15) is 0 Å². The van der Waals surface area contributed by atoms with Gasteiger partial charge in [-0.05, 0) is 12.1 Å². The summed E-state index contributed by atoms with van der Waals surface area (Å²) in [5, 5.41) is 3.26. The van der Waals surface area contributed by atoms with E-state index < -0.39 is 7.04 Å². The Morgan fingerprint density at radius 3 is 2.93 bits per heavy atom. The van der Waals surface area contributed by atoms with Crippen LogP contribution in [0.25, 0.3) is 0 Å². The standard InChI is InChI=1S/C11H16N2O/c1-14-11-5-3-2-4-10(11)13-8-6-12-7-9-13/h2-5,12H,6-9H2,1H3/i1D3. The average molecular weight is 195 g/mol. The molecule has 0 aromatic heterocycles. The average Bonchev–Trinajstić information content (AvgIpc) is 2.29. The van der Waals surface area contributed by atoms with Gasteiger partial charge in [-0.1, -0.05) is 12.1 Å². The van der Waals surface area contributed by atoms with Crippen LogP contribution >= 0.6 is 0 Å². The quantitative estimate of drug-likeness (QED) is 0.765. The fourth-order valence-electron chi connectivity index (χ4n) is 1.71. The van der Waals surface area contributed by atoms with Crippen molar-refractivity contribution in [3.8, 4) is 5.75 Å². The van der Waals surface area contributed by atoms with E-state index in [0.29, 0.717) is 5.75 Å². The van der Waals surface area contributed by atoms with Crippen molar-refractivity contribution < 1.29 is 8.85 Å². The molecule has 0 aliphatic carbocycles. The van der Waals surface area contributed by atoms with Gasteiger partial charge in [0.2, 0.25) is 0 Å². The number of hydrogen-bond acceptors (Lipinski definition) is 3. The Hall–Kier alpha value is -1.22. The molecule has 14 heavy (non-hydrogen) atoms. The number of hydrogen-bond donors (Lipinski definition) is 1. The fourth-order valence-corrected chi connectivity index (χ4v) is 1.71. The van der Waals surface area contributed by atoms with Crippen molar-refractivity contribution in [3.05, 3.63) is 24.3 Å². The first-order valence-corrected chi connectivity index (χ1v) is 4.80. The van der Waals surface area contributed by atoms with E-state index in [1.165, 1.54) is 0 Å². The highest BCUT2D eigenvalue weighted by molar-refractivity contribution is 5.58. The van der Waals surface area contributed by atoms with Gasteiger partial charge in [0.05, 0.1) is 16.8 Å². The molecule has 76 valence electrons. The molecule has 0 bridgehead atoms. The summed E-state index contributed by atoms with van der Waals surface area (Å²) in [7, 11) is -2.40. The molecular formula is C11H16N2O. The Morgan fingerprint density at radius 1 is 1.36 bits per heavy atom. The summed E-state index contributed by atoms with van der Waals surface area (Å²) in [6.07, 6.45) is 0. The lowest BCUT2D eigenvalue weighted by Gasteiger charge is -2.30. The van der Waals surface area contributed by atoms with Crippen LogP contribution in [0.1, 0.15) is 4.11 Å². The molecule has 1 saturated heterocycles. The molecule has 2 rings (SSSR count). The summed E-state index contributed by atoms with van der Waals surface area (Å²) in [5.41, 5.74) is 0.852. The van der Waals surface area contributed by atoms with Crippen molar-refractivity contribution in [3.63, 3.8) is 0 Å². The van der Waals surface area contributed by atoms with Crippen molar-refractivity contribution >= 4 is 5.69 Å². The lowest BCUT2D eigenvalue weighted by Crippen LogP contribution is -2.43. The van der Waals surface area contributed by atoms with Crippen LogP contribution in [-0.4, -0.2) is 33.2 Å². The molecule has 0 unspecified atom stereocenters. The number of anilines is 1. The number of para-hydroxylation sites is 2. The third-order valence-electron chi connectivity index (χ3n) is 2.43. The maximum atomic E-state index is 7.16. The first kappa shape index (κ1) is 6.30. The van der Waals surface area contributed by atoms with E-state index in [0.717, 1.165) is 31.9 Å². The van der Waals surface area contributed by atoms with Crippen molar-refractivity contribution in [1.82, 2.24) is 5.32 Å². The Morgan fingerprint density at radius 2 is 2.14 bits per heavy atom. The zero-order valence-corrected chi connectivity index (χ0v) is 7.99. The summed E-state index contributed by atoms with van der Waals surface area (Å²) in [6, 6.07) is 7.27. The molecule has 0 amide bonds. The number of rotatable bonds is 2. The minimum Gasteiger partial charge on any atom is -0.495 e. The third-order valence-corrected chi connectivity index (χ3v) is 2.43. The SMILES string of the molecule is [2H]C([2H])([2H])Oc1ccccc1N1CCNCC1. The Balaban J connectivity index is 2.20. The highest BCUT2D eigenvalue weighted by Crippen LogP contribution is 2.27. The Labute approximate surface area is 88.9 Å². The van der Waals surface area contributed by atoms with Gasteiger partial charge < -0.3 is 15.0 Å². The molecule has 0 radical (unpaired) electrons. The second-order valence-corrected chi connectivity index (χ2v) is 3.31. The van der Waals surface area contributed by atoms with E-state index in [1.54, 1.807) is 12.1 Å². The van der Waals surface area contributed by atoms with E-state index in [1.807, 2.05) is 12.1 Å². The van der Waals surface area contributed by atoms with Crippen LogP contribution in [0, 0.1) is 0 Å². The minimum atomic E-state index is -2.40. The van der Waals surface area contributed by atoms with Crippen molar-refractivity contribution in [2.24, 2.45) is 0 Å². The molecule has 1 aromatic rings. The van der Waals surface area contributed by atoms with Gasteiger partial charge in [-0.15, -0.1) is 0 Å². The van der Waals surface area contributed by atoms with Gasteiger partial charge in [0.15, 0.2) is 0 Å². The minimum absolute atomic E-state index is 0.425. The fraction of sp³-hybridized carbons (Fsp3) is 0.455. The van der Waals surface area contributed by atoms with Crippen LogP contribution in [0.5, 0.6) is 5.75 Å². The molecule has 1 aromatic carbocycles. The smallest absolute Gasteiger partial charge is 0.142 e. The first-order chi connectivity index (χ1) is 8.06. The van der Waals surface area contributed by atoms with Crippen LogP contribution in [0.2, 0.25) is 0 Å². The number of nitrogens with one attached hydrogen (secondary N) is 1. The number of methoxy groups -OCH3 is 1. The molecule has 1 heterocycles. The maximum Gasteiger partial charge on any atom is 0.142 e. The lowest BCUT2D eigenvalue weighted by atomic mass is 10.2. The van der Waals surface area contributed by atoms with Gasteiger partial charge in [0.25, 0.3) is 0 Å². The lowest BCUT2D eigenvalue weighted by molar-refractivity contribution is 0.413. The van der Waals surface area contributed by atoms with Gasteiger partial charge in [-0.3, -0.25) is 0 Å². The molecule has 3 nitrogen and oxygen atoms in total. The molecular weight excluding hydrogens is 176 g/mol. The Kier molecular flexibility index (Phi) is 1.95. The summed E-state index contributed by atoms with van der Waals surface area (Å²) < 4.78 is 26.5. The predicted molar refractivity (Wildman–Crippen MR) is 58.1 cm³/mol. The van der Waals surface area contributed by atoms with Crippen LogP contribution < -0.4 is 15.0 Å². The molecule has 3 heteroatoms. The first-order valence-electron chi connectivity index (χ1n) is 6.30. The molecule has 1 aliphatic heterocycles. The summed E-state index contributed by atoms with van der Waals surface area (Å²) in [5.74, 6) is 0.425. The van der Waals surface area contributed by atoms with Crippen molar-refractivity contribution in [2.75, 3.05) is 38.1 Å². The zero-order chi connectivity index (χ0) is 12.3.